The Bertz CT molecular complexity index is 590. The summed E-state index contributed by atoms with van der Waals surface area (Å²) in [6, 6.07) is 5.87. The molecule has 1 unspecified atom stereocenters. The van der Waals surface area contributed by atoms with Crippen LogP contribution in [-0.2, 0) is 10.3 Å². The van der Waals surface area contributed by atoms with Crippen molar-refractivity contribution in [1.29, 1.82) is 0 Å². The predicted octanol–water partition coefficient (Wildman–Crippen LogP) is 4.74. The number of hydrogen-bond acceptors (Lipinski definition) is 2. The Hall–Kier alpha value is -0.480. The maximum Gasteiger partial charge on any atom is 0.220 e. The van der Waals surface area contributed by atoms with Crippen molar-refractivity contribution in [1.82, 2.24) is 9.80 Å². The number of carbonyl (C=O) groups excluding carboxylic acids is 1. The highest BCUT2D eigenvalue weighted by Gasteiger charge is 2.43. The average molecular weight is 392 g/mol. The van der Waals surface area contributed by atoms with Crippen molar-refractivity contribution in [2.24, 2.45) is 0 Å². The van der Waals surface area contributed by atoms with Crippen LogP contribution in [0.1, 0.15) is 44.6 Å². The quantitative estimate of drug-likeness (QED) is 0.743. The lowest BCUT2D eigenvalue weighted by Crippen LogP contribution is -2.57. The predicted molar refractivity (Wildman–Crippen MR) is 102 cm³/mol. The lowest BCUT2D eigenvalue weighted by Gasteiger charge is -2.49. The lowest BCUT2D eigenvalue weighted by molar-refractivity contribution is -0.139. The van der Waals surface area contributed by atoms with Crippen molar-refractivity contribution in [3.05, 3.63) is 33.8 Å². The zero-order chi connectivity index (χ0) is 16.4. The Kier molecular flexibility index (Phi) is 6.83. The summed E-state index contributed by atoms with van der Waals surface area (Å²) in [7, 11) is 0. The van der Waals surface area contributed by atoms with Gasteiger partial charge in [-0.1, -0.05) is 29.3 Å². The van der Waals surface area contributed by atoms with Crippen LogP contribution in [0.25, 0.3) is 0 Å². The Labute approximate surface area is 160 Å². The van der Waals surface area contributed by atoms with Crippen molar-refractivity contribution in [3.63, 3.8) is 0 Å². The van der Waals surface area contributed by atoms with Crippen LogP contribution in [0, 0.1) is 0 Å². The fourth-order valence-corrected chi connectivity index (χ4v) is 4.45. The highest BCUT2D eigenvalue weighted by atomic mass is 35.5. The van der Waals surface area contributed by atoms with Gasteiger partial charge in [0.05, 0.1) is 15.6 Å². The first-order valence-electron chi connectivity index (χ1n) is 8.49. The third-order valence-electron chi connectivity index (χ3n) is 5.26. The van der Waals surface area contributed by atoms with Crippen LogP contribution < -0.4 is 0 Å². The molecule has 2 aliphatic rings. The van der Waals surface area contributed by atoms with Gasteiger partial charge in [0, 0.05) is 20.0 Å². The van der Waals surface area contributed by atoms with Gasteiger partial charge < -0.3 is 9.80 Å². The minimum Gasteiger partial charge on any atom is -0.332 e. The van der Waals surface area contributed by atoms with E-state index in [0.717, 1.165) is 51.0 Å². The summed E-state index contributed by atoms with van der Waals surface area (Å²) in [5, 5.41) is 1.14. The van der Waals surface area contributed by atoms with Gasteiger partial charge in [-0.3, -0.25) is 4.79 Å². The minimum atomic E-state index is -0.275. The number of carbonyl (C=O) groups is 1. The van der Waals surface area contributed by atoms with Crippen LogP contribution in [0.3, 0.4) is 0 Å². The fraction of sp³-hybridized carbons (Fsp3) is 0.611. The molecule has 3 nitrogen and oxygen atoms in total. The van der Waals surface area contributed by atoms with Crippen molar-refractivity contribution in [3.8, 4) is 0 Å². The molecule has 0 radical (unpaired) electrons. The number of rotatable bonds is 3. The smallest absolute Gasteiger partial charge is 0.220 e. The molecule has 0 aromatic heterocycles. The Morgan fingerprint density at radius 3 is 2.38 bits per heavy atom. The topological polar surface area (TPSA) is 23.6 Å². The lowest BCUT2D eigenvalue weighted by atomic mass is 9.79. The molecular formula is C18H25Cl3N2O. The Morgan fingerprint density at radius 2 is 1.75 bits per heavy atom. The van der Waals surface area contributed by atoms with Gasteiger partial charge in [0.15, 0.2) is 0 Å². The third kappa shape index (κ3) is 3.85. The van der Waals surface area contributed by atoms with E-state index in [-0.39, 0.29) is 23.9 Å². The summed E-state index contributed by atoms with van der Waals surface area (Å²) >= 11 is 12.4. The van der Waals surface area contributed by atoms with Crippen LogP contribution in [-0.4, -0.2) is 41.9 Å². The van der Waals surface area contributed by atoms with E-state index in [2.05, 4.69) is 9.80 Å². The number of halogens is 3. The van der Waals surface area contributed by atoms with Crippen molar-refractivity contribution >= 4 is 41.5 Å². The number of likely N-dealkylation sites (tertiary alicyclic amines) is 2. The maximum absolute atomic E-state index is 12.4. The molecule has 0 aliphatic carbocycles. The molecule has 1 aromatic rings. The van der Waals surface area contributed by atoms with E-state index >= 15 is 0 Å². The minimum absolute atomic E-state index is 0. The van der Waals surface area contributed by atoms with Gasteiger partial charge in [-0.2, -0.15) is 0 Å². The van der Waals surface area contributed by atoms with Crippen LogP contribution in [0.4, 0.5) is 0 Å². The van der Waals surface area contributed by atoms with Crippen LogP contribution in [0.2, 0.25) is 10.0 Å². The van der Waals surface area contributed by atoms with E-state index < -0.39 is 0 Å². The molecule has 0 spiro atoms. The molecule has 24 heavy (non-hydrogen) atoms. The zero-order valence-corrected chi connectivity index (χ0v) is 16.4. The van der Waals surface area contributed by atoms with Gasteiger partial charge in [0.1, 0.15) is 0 Å². The van der Waals surface area contributed by atoms with E-state index in [1.54, 1.807) is 6.92 Å². The first kappa shape index (κ1) is 19.8. The van der Waals surface area contributed by atoms with Gasteiger partial charge in [-0.05, 0) is 62.9 Å². The van der Waals surface area contributed by atoms with Gasteiger partial charge in [0.2, 0.25) is 5.91 Å². The largest absolute Gasteiger partial charge is 0.332 e. The SMILES string of the molecule is CC(=O)N1CCCCC1(CN1CCCC1)c1ccc(Cl)c(Cl)c1.Cl. The molecule has 0 saturated carbocycles. The zero-order valence-electron chi connectivity index (χ0n) is 14.1. The van der Waals surface area contributed by atoms with Crippen molar-refractivity contribution < 1.29 is 4.79 Å². The molecule has 2 saturated heterocycles. The van der Waals surface area contributed by atoms with Crippen molar-refractivity contribution in [2.75, 3.05) is 26.2 Å². The summed E-state index contributed by atoms with van der Waals surface area (Å²) in [4.78, 5) is 16.9. The van der Waals surface area contributed by atoms with Gasteiger partial charge >= 0.3 is 0 Å². The molecular weight excluding hydrogens is 367 g/mol. The number of nitrogens with zero attached hydrogens (tertiary/aromatic N) is 2. The maximum atomic E-state index is 12.4. The molecule has 2 aliphatic heterocycles. The van der Waals surface area contributed by atoms with Gasteiger partial charge in [-0.25, -0.2) is 0 Å². The highest BCUT2D eigenvalue weighted by molar-refractivity contribution is 6.42. The molecule has 2 heterocycles. The van der Waals surface area contributed by atoms with Gasteiger partial charge in [0.25, 0.3) is 0 Å². The number of hydrogen-bond donors (Lipinski definition) is 0. The molecule has 1 amide bonds. The standard InChI is InChI=1S/C18H24Cl2N2O.ClH/c1-14(23)22-11-3-2-8-18(22,13-21-9-4-5-10-21)15-6-7-16(19)17(20)12-15;/h6-7,12H,2-5,8-11,13H2,1H3;1H. The molecule has 1 aromatic carbocycles. The normalized spacial score (nSPS) is 24.7. The Morgan fingerprint density at radius 1 is 1.08 bits per heavy atom. The molecule has 0 bridgehead atoms. The summed E-state index contributed by atoms with van der Waals surface area (Å²) in [6.45, 7) is 5.64. The summed E-state index contributed by atoms with van der Waals surface area (Å²) in [5.74, 6) is 0.148. The summed E-state index contributed by atoms with van der Waals surface area (Å²) in [6.07, 6.45) is 5.69. The first-order chi connectivity index (χ1) is 11.0. The van der Waals surface area contributed by atoms with E-state index in [0.29, 0.717) is 10.0 Å². The first-order valence-corrected chi connectivity index (χ1v) is 9.25. The second-order valence-corrected chi connectivity index (χ2v) is 7.59. The number of piperidine rings is 1. The van der Waals surface area contributed by atoms with Crippen LogP contribution >= 0.6 is 35.6 Å². The van der Waals surface area contributed by atoms with E-state index in [4.69, 9.17) is 23.2 Å². The molecule has 3 rings (SSSR count). The number of amides is 1. The van der Waals surface area contributed by atoms with Crippen molar-refractivity contribution in [2.45, 2.75) is 44.6 Å². The molecule has 134 valence electrons. The molecule has 2 fully saturated rings. The third-order valence-corrected chi connectivity index (χ3v) is 6.00. The van der Waals surface area contributed by atoms with E-state index in [1.807, 2.05) is 18.2 Å². The van der Waals surface area contributed by atoms with E-state index in [9.17, 15) is 4.79 Å². The monoisotopic (exact) mass is 390 g/mol. The van der Waals surface area contributed by atoms with E-state index in [1.165, 1.54) is 12.8 Å². The van der Waals surface area contributed by atoms with Crippen LogP contribution in [0.15, 0.2) is 18.2 Å². The summed E-state index contributed by atoms with van der Waals surface area (Å²) < 4.78 is 0. The van der Waals surface area contributed by atoms with Crippen LogP contribution in [0.5, 0.6) is 0 Å². The summed E-state index contributed by atoms with van der Waals surface area (Å²) in [5.41, 5.74) is 0.844. The molecule has 0 N–H and O–H groups in total. The second-order valence-electron chi connectivity index (χ2n) is 6.77. The Balaban J connectivity index is 0.00000208. The molecule has 1 atom stereocenters. The molecule has 6 heteroatoms. The second kappa shape index (κ2) is 8.27. The number of benzene rings is 1. The highest BCUT2D eigenvalue weighted by Crippen LogP contribution is 2.41. The fourth-order valence-electron chi connectivity index (χ4n) is 4.15. The van der Waals surface area contributed by atoms with Gasteiger partial charge in [-0.15, -0.1) is 12.4 Å². The average Bonchev–Trinajstić information content (AvgIpc) is 3.03.